The molecule has 0 spiro atoms. The molecule has 2 rings (SSSR count). The van der Waals surface area contributed by atoms with E-state index < -0.39 is 6.61 Å². The van der Waals surface area contributed by atoms with Gasteiger partial charge < -0.3 is 29.9 Å². The molecule has 0 amide bonds. The van der Waals surface area contributed by atoms with Crippen molar-refractivity contribution in [1.29, 1.82) is 0 Å². The van der Waals surface area contributed by atoms with Crippen LogP contribution in [0.15, 0.2) is 23.2 Å². The van der Waals surface area contributed by atoms with Crippen LogP contribution in [0.3, 0.4) is 0 Å². The van der Waals surface area contributed by atoms with Crippen LogP contribution >= 0.6 is 24.0 Å². The van der Waals surface area contributed by atoms with E-state index in [1.54, 1.807) is 25.1 Å². The number of nitrogens with one attached hydrogen (secondary N) is 2. The van der Waals surface area contributed by atoms with Gasteiger partial charge in [0.05, 0.1) is 13.2 Å². The Morgan fingerprint density at radius 2 is 1.97 bits per heavy atom. The van der Waals surface area contributed by atoms with E-state index in [0.717, 1.165) is 39.3 Å². The number of hydrogen-bond donors (Lipinski definition) is 2. The molecule has 1 saturated heterocycles. The third kappa shape index (κ3) is 10.2. The van der Waals surface area contributed by atoms with Gasteiger partial charge in [-0.05, 0) is 46.5 Å². The molecule has 1 fully saturated rings. The van der Waals surface area contributed by atoms with E-state index >= 15 is 0 Å². The van der Waals surface area contributed by atoms with Crippen molar-refractivity contribution < 1.29 is 18.3 Å². The predicted molar refractivity (Wildman–Crippen MR) is 131 cm³/mol. The number of likely N-dealkylation sites (N-methyl/N-ethyl adjacent to an activating group) is 1. The summed E-state index contributed by atoms with van der Waals surface area (Å²) in [7, 11) is 2.16. The number of rotatable bonds is 10. The standard InChI is InChI=1S/C21H35F2N5O2.HI/c1-4-24-21(25-10-13-28-12-7-11-27(3)14-15-28)26-16-17-8-6-9-18(29-5-2)19(17)30-20(22)23;/h6,8-9,20H,4-5,7,10-16H2,1-3H3,(H2,24,25,26);1H. The van der Waals surface area contributed by atoms with Gasteiger partial charge in [0.15, 0.2) is 17.5 Å². The van der Waals surface area contributed by atoms with Gasteiger partial charge in [-0.2, -0.15) is 8.78 Å². The van der Waals surface area contributed by atoms with Crippen molar-refractivity contribution in [2.24, 2.45) is 4.99 Å². The first-order chi connectivity index (χ1) is 14.5. The molecule has 31 heavy (non-hydrogen) atoms. The zero-order valence-corrected chi connectivity index (χ0v) is 21.0. The van der Waals surface area contributed by atoms with E-state index in [9.17, 15) is 8.78 Å². The van der Waals surface area contributed by atoms with Crippen LogP contribution in [-0.4, -0.2) is 81.8 Å². The Labute approximate surface area is 201 Å². The van der Waals surface area contributed by atoms with E-state index in [4.69, 9.17) is 9.47 Å². The molecule has 1 aromatic carbocycles. The third-order valence-corrected chi connectivity index (χ3v) is 4.85. The van der Waals surface area contributed by atoms with Crippen LogP contribution in [0.5, 0.6) is 11.5 Å². The van der Waals surface area contributed by atoms with Crippen molar-refractivity contribution in [2.45, 2.75) is 33.4 Å². The third-order valence-electron chi connectivity index (χ3n) is 4.85. The monoisotopic (exact) mass is 555 g/mol. The highest BCUT2D eigenvalue weighted by molar-refractivity contribution is 14.0. The average Bonchev–Trinajstić information content (AvgIpc) is 2.92. The first-order valence-corrected chi connectivity index (χ1v) is 10.7. The van der Waals surface area contributed by atoms with Crippen LogP contribution < -0.4 is 20.1 Å². The van der Waals surface area contributed by atoms with Gasteiger partial charge in [0.1, 0.15) is 0 Å². The molecule has 10 heteroatoms. The number of aliphatic imine (C=N–C) groups is 1. The Morgan fingerprint density at radius 3 is 2.68 bits per heavy atom. The molecule has 2 N–H and O–H groups in total. The Hall–Kier alpha value is -1.40. The number of halogens is 3. The molecule has 1 aliphatic heterocycles. The zero-order valence-electron chi connectivity index (χ0n) is 18.7. The topological polar surface area (TPSA) is 61.4 Å². The fourth-order valence-corrected chi connectivity index (χ4v) is 3.34. The number of para-hydroxylation sites is 1. The molecule has 1 aromatic rings. The molecule has 0 bridgehead atoms. The average molecular weight is 555 g/mol. The maximum Gasteiger partial charge on any atom is 0.387 e. The summed E-state index contributed by atoms with van der Waals surface area (Å²) in [6, 6.07) is 5.10. The lowest BCUT2D eigenvalue weighted by Crippen LogP contribution is -2.42. The lowest BCUT2D eigenvalue weighted by atomic mass is 10.2. The highest BCUT2D eigenvalue weighted by Crippen LogP contribution is 2.33. The van der Waals surface area contributed by atoms with Crippen molar-refractivity contribution in [3.05, 3.63) is 23.8 Å². The summed E-state index contributed by atoms with van der Waals surface area (Å²) in [4.78, 5) is 9.35. The maximum atomic E-state index is 12.9. The zero-order chi connectivity index (χ0) is 21.8. The van der Waals surface area contributed by atoms with Gasteiger partial charge in [0.2, 0.25) is 0 Å². The molecule has 0 radical (unpaired) electrons. The summed E-state index contributed by atoms with van der Waals surface area (Å²) < 4.78 is 35.9. The molecule has 0 aliphatic carbocycles. The number of ether oxygens (including phenoxy) is 2. The summed E-state index contributed by atoms with van der Waals surface area (Å²) in [6.45, 7) is 8.20. The minimum absolute atomic E-state index is 0. The molecule has 0 aromatic heterocycles. The molecule has 0 saturated carbocycles. The van der Waals surface area contributed by atoms with Crippen LogP contribution in [0.1, 0.15) is 25.8 Å². The van der Waals surface area contributed by atoms with Gasteiger partial charge in [-0.15, -0.1) is 24.0 Å². The lowest BCUT2D eigenvalue weighted by Gasteiger charge is -2.21. The minimum Gasteiger partial charge on any atom is -0.490 e. The van der Waals surface area contributed by atoms with E-state index in [-0.39, 0.29) is 36.3 Å². The van der Waals surface area contributed by atoms with Crippen molar-refractivity contribution in [3.63, 3.8) is 0 Å². The number of guanidine groups is 1. The minimum atomic E-state index is -2.92. The molecular formula is C21H36F2IN5O2. The first kappa shape index (κ1) is 27.6. The second-order valence-corrected chi connectivity index (χ2v) is 7.18. The largest absolute Gasteiger partial charge is 0.490 e. The summed E-state index contributed by atoms with van der Waals surface area (Å²) in [5.74, 6) is 0.992. The molecule has 178 valence electrons. The molecule has 1 aliphatic rings. The molecule has 0 atom stereocenters. The summed E-state index contributed by atoms with van der Waals surface area (Å²) >= 11 is 0. The molecule has 0 unspecified atom stereocenters. The Balaban J connectivity index is 0.00000480. The second-order valence-electron chi connectivity index (χ2n) is 7.18. The van der Waals surface area contributed by atoms with Crippen molar-refractivity contribution in [1.82, 2.24) is 20.4 Å². The van der Waals surface area contributed by atoms with E-state index in [1.807, 2.05) is 6.92 Å². The van der Waals surface area contributed by atoms with Crippen LogP contribution in [-0.2, 0) is 6.54 Å². The van der Waals surface area contributed by atoms with Crippen molar-refractivity contribution >= 4 is 29.9 Å². The van der Waals surface area contributed by atoms with Gasteiger partial charge in [0.25, 0.3) is 0 Å². The fourth-order valence-electron chi connectivity index (χ4n) is 3.34. The SMILES string of the molecule is CCNC(=NCc1cccc(OCC)c1OC(F)F)NCCN1CCCN(C)CC1.I. The number of nitrogens with zero attached hydrogens (tertiary/aromatic N) is 3. The van der Waals surface area contributed by atoms with E-state index in [1.165, 1.54) is 6.42 Å². The lowest BCUT2D eigenvalue weighted by molar-refractivity contribution is -0.0520. The van der Waals surface area contributed by atoms with Crippen LogP contribution in [0, 0.1) is 0 Å². The Morgan fingerprint density at radius 1 is 1.16 bits per heavy atom. The van der Waals surface area contributed by atoms with Crippen LogP contribution in [0.25, 0.3) is 0 Å². The van der Waals surface area contributed by atoms with Gasteiger partial charge >= 0.3 is 6.61 Å². The summed E-state index contributed by atoms with van der Waals surface area (Å²) in [5.41, 5.74) is 0.550. The first-order valence-electron chi connectivity index (χ1n) is 10.7. The van der Waals surface area contributed by atoms with E-state index in [2.05, 4.69) is 32.5 Å². The van der Waals surface area contributed by atoms with Crippen LogP contribution in [0.4, 0.5) is 8.78 Å². The van der Waals surface area contributed by atoms with Gasteiger partial charge in [-0.1, -0.05) is 12.1 Å². The molecule has 7 nitrogen and oxygen atoms in total. The Bertz CT molecular complexity index is 667. The number of benzene rings is 1. The maximum absolute atomic E-state index is 12.9. The fraction of sp³-hybridized carbons (Fsp3) is 0.667. The Kier molecular flexibility index (Phi) is 13.7. The highest BCUT2D eigenvalue weighted by Gasteiger charge is 2.16. The van der Waals surface area contributed by atoms with Gasteiger partial charge in [-0.3, -0.25) is 0 Å². The number of alkyl halides is 2. The highest BCUT2D eigenvalue weighted by atomic mass is 127. The molecular weight excluding hydrogens is 519 g/mol. The number of hydrogen-bond acceptors (Lipinski definition) is 5. The van der Waals surface area contributed by atoms with E-state index in [0.29, 0.717) is 30.4 Å². The van der Waals surface area contributed by atoms with Crippen LogP contribution in [0.2, 0.25) is 0 Å². The smallest absolute Gasteiger partial charge is 0.387 e. The van der Waals surface area contributed by atoms with Gasteiger partial charge in [-0.25, -0.2) is 4.99 Å². The van der Waals surface area contributed by atoms with Crippen molar-refractivity contribution in [2.75, 3.05) is 59.5 Å². The summed E-state index contributed by atoms with van der Waals surface area (Å²) in [5, 5.41) is 6.54. The quantitative estimate of drug-likeness (QED) is 0.263. The normalized spacial score (nSPS) is 15.9. The van der Waals surface area contributed by atoms with Crippen molar-refractivity contribution in [3.8, 4) is 11.5 Å². The molecule has 1 heterocycles. The predicted octanol–water partition coefficient (Wildman–Crippen LogP) is 3.00. The summed E-state index contributed by atoms with van der Waals surface area (Å²) in [6.07, 6.45) is 1.17. The second kappa shape index (κ2) is 15.4. The van der Waals surface area contributed by atoms with Gasteiger partial charge in [0, 0.05) is 38.3 Å².